The Balaban J connectivity index is 2.45. The maximum Gasteiger partial charge on any atom is 0.416 e. The van der Waals surface area contributed by atoms with Crippen molar-refractivity contribution in [2.75, 3.05) is 6.54 Å². The van der Waals surface area contributed by atoms with Crippen LogP contribution in [0, 0.1) is 0 Å². The third-order valence-electron chi connectivity index (χ3n) is 2.15. The summed E-state index contributed by atoms with van der Waals surface area (Å²) in [5.41, 5.74) is 6.42. The van der Waals surface area contributed by atoms with Crippen LogP contribution in [-0.4, -0.2) is 11.5 Å². The Morgan fingerprint density at radius 3 is 3.27 bits per heavy atom. The smallest absolute Gasteiger partial charge is 0.412 e. The lowest BCUT2D eigenvalue weighted by molar-refractivity contribution is 0.437. The van der Waals surface area contributed by atoms with Crippen molar-refractivity contribution in [2.24, 2.45) is 5.73 Å². The van der Waals surface area contributed by atoms with E-state index in [2.05, 4.69) is 4.98 Å². The largest absolute Gasteiger partial charge is 0.416 e. The lowest BCUT2D eigenvalue weighted by Gasteiger charge is -2.00. The number of aryl methyl sites for hydroxylation is 1. The van der Waals surface area contributed by atoms with Gasteiger partial charge in [0.2, 0.25) is 0 Å². The number of aromatic amines is 1. The van der Waals surface area contributed by atoms with Gasteiger partial charge in [-0.2, -0.15) is 0 Å². The summed E-state index contributed by atoms with van der Waals surface area (Å²) < 4.78 is 4.94. The van der Waals surface area contributed by atoms with Gasteiger partial charge in [-0.25, -0.2) is 4.79 Å². The fourth-order valence-electron chi connectivity index (χ4n) is 1.56. The maximum atomic E-state index is 10.7. The van der Waals surface area contributed by atoms with Crippen LogP contribution in [0.1, 0.15) is 23.8 Å². The second-order valence-corrected chi connectivity index (χ2v) is 2.83. The van der Waals surface area contributed by atoms with E-state index in [4.69, 9.17) is 10.2 Å². The van der Waals surface area contributed by atoms with Gasteiger partial charge >= 0.3 is 5.76 Å². The number of aromatic nitrogens is 1. The van der Waals surface area contributed by atoms with Crippen molar-refractivity contribution in [3.8, 4) is 0 Å². The molecule has 2 rings (SSSR count). The molecule has 60 valence electrons. The number of H-pyrrole nitrogens is 1. The molecule has 4 nitrogen and oxygen atoms in total. The average molecular weight is 154 g/mol. The van der Waals surface area contributed by atoms with Crippen LogP contribution >= 0.6 is 0 Å². The van der Waals surface area contributed by atoms with Crippen LogP contribution in [0.2, 0.25) is 0 Å². The SMILES string of the molecule is NCC1CCc2[nH]c(=O)oc21. The van der Waals surface area contributed by atoms with Crippen LogP contribution in [0.25, 0.3) is 0 Å². The van der Waals surface area contributed by atoms with E-state index in [1.807, 2.05) is 0 Å². The number of nitrogens with one attached hydrogen (secondary N) is 1. The van der Waals surface area contributed by atoms with E-state index in [0.29, 0.717) is 6.54 Å². The van der Waals surface area contributed by atoms with Gasteiger partial charge in [-0.3, -0.25) is 4.98 Å². The normalized spacial score (nSPS) is 22.1. The third-order valence-corrected chi connectivity index (χ3v) is 2.15. The first kappa shape index (κ1) is 6.67. The molecule has 1 aliphatic rings. The molecule has 0 aliphatic heterocycles. The molecule has 0 radical (unpaired) electrons. The number of fused-ring (bicyclic) bond motifs is 1. The second kappa shape index (κ2) is 2.23. The lowest BCUT2D eigenvalue weighted by Crippen LogP contribution is -2.09. The van der Waals surface area contributed by atoms with Gasteiger partial charge < -0.3 is 10.2 Å². The van der Waals surface area contributed by atoms with E-state index in [0.717, 1.165) is 24.3 Å². The highest BCUT2D eigenvalue weighted by Crippen LogP contribution is 2.29. The fraction of sp³-hybridized carbons (Fsp3) is 0.571. The molecule has 0 bridgehead atoms. The molecule has 0 saturated heterocycles. The maximum absolute atomic E-state index is 10.7. The monoisotopic (exact) mass is 154 g/mol. The van der Waals surface area contributed by atoms with Crippen molar-refractivity contribution in [3.63, 3.8) is 0 Å². The zero-order valence-corrected chi connectivity index (χ0v) is 6.09. The van der Waals surface area contributed by atoms with Gasteiger partial charge in [0.1, 0.15) is 5.76 Å². The van der Waals surface area contributed by atoms with Crippen molar-refractivity contribution >= 4 is 0 Å². The van der Waals surface area contributed by atoms with Crippen molar-refractivity contribution in [2.45, 2.75) is 18.8 Å². The molecule has 11 heavy (non-hydrogen) atoms. The Morgan fingerprint density at radius 2 is 2.55 bits per heavy atom. The topological polar surface area (TPSA) is 72.0 Å². The molecule has 1 atom stereocenters. The minimum Gasteiger partial charge on any atom is -0.412 e. The van der Waals surface area contributed by atoms with E-state index in [9.17, 15) is 4.79 Å². The summed E-state index contributed by atoms with van der Waals surface area (Å²) in [4.78, 5) is 13.3. The first-order chi connectivity index (χ1) is 5.31. The highest BCUT2D eigenvalue weighted by molar-refractivity contribution is 5.19. The number of hydrogen-bond donors (Lipinski definition) is 2. The summed E-state index contributed by atoms with van der Waals surface area (Å²) in [6.07, 6.45) is 1.89. The molecule has 0 fully saturated rings. The summed E-state index contributed by atoms with van der Waals surface area (Å²) in [6.45, 7) is 0.563. The first-order valence-corrected chi connectivity index (χ1v) is 3.73. The Labute approximate surface area is 63.4 Å². The minimum absolute atomic E-state index is 0.254. The van der Waals surface area contributed by atoms with Crippen LogP contribution in [0.5, 0.6) is 0 Å². The highest BCUT2D eigenvalue weighted by Gasteiger charge is 2.26. The molecule has 0 spiro atoms. The van der Waals surface area contributed by atoms with Crippen molar-refractivity contribution < 1.29 is 4.42 Å². The molecule has 0 aromatic carbocycles. The van der Waals surface area contributed by atoms with Gasteiger partial charge in [-0.15, -0.1) is 0 Å². The molecule has 0 amide bonds. The van der Waals surface area contributed by atoms with Crippen molar-refractivity contribution in [3.05, 3.63) is 22.0 Å². The van der Waals surface area contributed by atoms with E-state index < -0.39 is 0 Å². The third kappa shape index (κ3) is 0.903. The summed E-state index contributed by atoms with van der Waals surface area (Å²) in [6, 6.07) is 0. The second-order valence-electron chi connectivity index (χ2n) is 2.83. The van der Waals surface area contributed by atoms with Crippen LogP contribution in [0.15, 0.2) is 9.21 Å². The lowest BCUT2D eigenvalue weighted by atomic mass is 10.1. The molecule has 3 N–H and O–H groups in total. The molecule has 1 aromatic heterocycles. The highest BCUT2D eigenvalue weighted by atomic mass is 16.4. The van der Waals surface area contributed by atoms with Gasteiger partial charge in [0, 0.05) is 12.5 Å². The molecule has 1 aliphatic carbocycles. The van der Waals surface area contributed by atoms with Gasteiger partial charge in [0.25, 0.3) is 0 Å². The Morgan fingerprint density at radius 1 is 1.73 bits per heavy atom. The number of nitrogens with two attached hydrogens (primary N) is 1. The Kier molecular flexibility index (Phi) is 1.35. The predicted molar refractivity (Wildman–Crippen MR) is 39.4 cm³/mol. The molecule has 1 unspecified atom stereocenters. The number of rotatable bonds is 1. The van der Waals surface area contributed by atoms with Crippen LogP contribution in [0.4, 0.5) is 0 Å². The minimum atomic E-state index is -0.354. The van der Waals surface area contributed by atoms with Crippen LogP contribution < -0.4 is 11.5 Å². The molecule has 1 aromatic rings. The van der Waals surface area contributed by atoms with Gasteiger partial charge in [0.15, 0.2) is 0 Å². The molecule has 0 saturated carbocycles. The van der Waals surface area contributed by atoms with Gasteiger partial charge in [-0.1, -0.05) is 0 Å². The molecule has 1 heterocycles. The van der Waals surface area contributed by atoms with E-state index >= 15 is 0 Å². The van der Waals surface area contributed by atoms with E-state index in [1.165, 1.54) is 0 Å². The fourth-order valence-corrected chi connectivity index (χ4v) is 1.56. The summed E-state index contributed by atoms with van der Waals surface area (Å²) in [5, 5.41) is 0. The van der Waals surface area contributed by atoms with E-state index in [-0.39, 0.29) is 11.7 Å². The van der Waals surface area contributed by atoms with Gasteiger partial charge in [0.05, 0.1) is 5.69 Å². The Bertz CT molecular complexity index is 312. The van der Waals surface area contributed by atoms with Gasteiger partial charge in [-0.05, 0) is 12.8 Å². The zero-order chi connectivity index (χ0) is 7.84. The standard InChI is InChI=1S/C7H10N2O2/c8-3-4-1-2-5-6(4)11-7(10)9-5/h4H,1-3,8H2,(H,9,10). The zero-order valence-electron chi connectivity index (χ0n) is 6.09. The predicted octanol–water partition coefficient (Wildman–Crippen LogP) is -0.0436. The quantitative estimate of drug-likeness (QED) is 0.596. The molecular weight excluding hydrogens is 144 g/mol. The van der Waals surface area contributed by atoms with Crippen molar-refractivity contribution in [1.82, 2.24) is 4.98 Å². The average Bonchev–Trinajstić information content (AvgIpc) is 2.45. The van der Waals surface area contributed by atoms with Crippen LogP contribution in [-0.2, 0) is 6.42 Å². The number of hydrogen-bond acceptors (Lipinski definition) is 3. The number of oxazole rings is 1. The Hall–Kier alpha value is -1.03. The summed E-state index contributed by atoms with van der Waals surface area (Å²) in [7, 11) is 0. The summed E-state index contributed by atoms with van der Waals surface area (Å²) in [5.74, 6) is 0.676. The van der Waals surface area contributed by atoms with Crippen molar-refractivity contribution in [1.29, 1.82) is 0 Å². The molecule has 4 heteroatoms. The van der Waals surface area contributed by atoms with Crippen LogP contribution in [0.3, 0.4) is 0 Å². The van der Waals surface area contributed by atoms with E-state index in [1.54, 1.807) is 0 Å². The first-order valence-electron chi connectivity index (χ1n) is 3.73. The summed E-state index contributed by atoms with van der Waals surface area (Å²) >= 11 is 0. The molecular formula is C7H10N2O2.